The quantitative estimate of drug-likeness (QED) is 0.512. The van der Waals surface area contributed by atoms with E-state index in [0.717, 1.165) is 10.9 Å². The molecule has 0 saturated carbocycles. The summed E-state index contributed by atoms with van der Waals surface area (Å²) in [5, 5.41) is 2.04. The molecule has 27 heavy (non-hydrogen) atoms. The number of nitrogens with zero attached hydrogens (tertiary/aromatic N) is 2. The van der Waals surface area contributed by atoms with Crippen LogP contribution in [0.3, 0.4) is 0 Å². The van der Waals surface area contributed by atoms with E-state index in [1.807, 2.05) is 24.3 Å². The number of hydroxylamine groups is 2. The minimum Gasteiger partial charge on any atom is -0.495 e. The number of amides is 1. The molecule has 0 aliphatic carbocycles. The third kappa shape index (κ3) is 2.82. The van der Waals surface area contributed by atoms with Crippen LogP contribution in [0.4, 0.5) is 0 Å². The van der Waals surface area contributed by atoms with Gasteiger partial charge in [-0.1, -0.05) is 30.3 Å². The smallest absolute Gasteiger partial charge is 0.315 e. The first-order valence-corrected chi connectivity index (χ1v) is 8.45. The zero-order valence-corrected chi connectivity index (χ0v) is 14.9. The van der Waals surface area contributed by atoms with Gasteiger partial charge < -0.3 is 14.0 Å². The van der Waals surface area contributed by atoms with E-state index in [0.29, 0.717) is 17.2 Å². The Morgan fingerprint density at radius 1 is 1.07 bits per heavy atom. The highest BCUT2D eigenvalue weighted by Crippen LogP contribution is 2.39. The van der Waals surface area contributed by atoms with Gasteiger partial charge in [0, 0.05) is 5.39 Å². The zero-order chi connectivity index (χ0) is 19.0. The first-order valence-electron chi connectivity index (χ1n) is 8.45. The van der Waals surface area contributed by atoms with Crippen LogP contribution >= 0.6 is 0 Å². The van der Waals surface area contributed by atoms with Gasteiger partial charge in [-0.05, 0) is 24.3 Å². The summed E-state index contributed by atoms with van der Waals surface area (Å²) in [7, 11) is 2.97. The van der Waals surface area contributed by atoms with Gasteiger partial charge >= 0.3 is 5.97 Å². The maximum atomic E-state index is 12.7. The molecule has 4 rings (SSSR count). The molecular formula is C20H18N2O5. The molecule has 0 bridgehead atoms. The Hall–Kier alpha value is -3.32. The number of hydrogen-bond acceptors (Lipinski definition) is 5. The molecule has 1 amide bonds. The molecule has 1 aromatic heterocycles. The van der Waals surface area contributed by atoms with Gasteiger partial charge in [-0.2, -0.15) is 5.06 Å². The average molecular weight is 366 g/mol. The van der Waals surface area contributed by atoms with Crippen LogP contribution in [0.1, 0.15) is 23.1 Å². The second-order valence-electron chi connectivity index (χ2n) is 6.08. The number of fused-ring (bicyclic) bond motifs is 3. The van der Waals surface area contributed by atoms with E-state index in [4.69, 9.17) is 14.3 Å². The van der Waals surface area contributed by atoms with Gasteiger partial charge in [0.25, 0.3) is 5.91 Å². The van der Waals surface area contributed by atoms with Crippen molar-refractivity contribution in [2.75, 3.05) is 14.2 Å². The van der Waals surface area contributed by atoms with E-state index in [1.165, 1.54) is 12.2 Å². The molecule has 7 heteroatoms. The SMILES string of the molecule is COc1cccc2cc3n(c12)C(CC(=O)Oc1ccccc1)N(OC)C3=O. The van der Waals surface area contributed by atoms with E-state index in [2.05, 4.69) is 0 Å². The Bertz CT molecular complexity index is 1010. The van der Waals surface area contributed by atoms with Crippen LogP contribution in [0.2, 0.25) is 0 Å². The van der Waals surface area contributed by atoms with Gasteiger partial charge in [-0.3, -0.25) is 14.4 Å². The number of hydrogen-bond donors (Lipinski definition) is 0. The van der Waals surface area contributed by atoms with Crippen molar-refractivity contribution < 1.29 is 23.9 Å². The van der Waals surface area contributed by atoms with E-state index >= 15 is 0 Å². The highest BCUT2D eigenvalue weighted by Gasteiger charge is 2.41. The van der Waals surface area contributed by atoms with Gasteiger partial charge in [-0.25, -0.2) is 0 Å². The highest BCUT2D eigenvalue weighted by atomic mass is 16.7. The van der Waals surface area contributed by atoms with Crippen molar-refractivity contribution >= 4 is 22.8 Å². The number of methoxy groups -OCH3 is 1. The van der Waals surface area contributed by atoms with Crippen LogP contribution in [0.5, 0.6) is 11.5 Å². The zero-order valence-electron chi connectivity index (χ0n) is 14.9. The molecule has 0 spiro atoms. The lowest BCUT2D eigenvalue weighted by molar-refractivity contribution is -0.151. The molecular weight excluding hydrogens is 348 g/mol. The summed E-state index contributed by atoms with van der Waals surface area (Å²) < 4.78 is 12.6. The van der Waals surface area contributed by atoms with Crippen LogP contribution in [-0.4, -0.2) is 35.7 Å². The molecule has 2 aromatic carbocycles. The molecule has 2 heterocycles. The molecule has 0 saturated heterocycles. The maximum absolute atomic E-state index is 12.7. The van der Waals surface area contributed by atoms with E-state index < -0.39 is 12.1 Å². The molecule has 1 unspecified atom stereocenters. The Kier molecular flexibility index (Phi) is 4.29. The number of carbonyl (C=O) groups is 2. The van der Waals surface area contributed by atoms with Gasteiger partial charge in [0.2, 0.25) is 0 Å². The molecule has 0 fully saturated rings. The summed E-state index contributed by atoms with van der Waals surface area (Å²) in [5.74, 6) is 0.288. The monoisotopic (exact) mass is 366 g/mol. The maximum Gasteiger partial charge on any atom is 0.315 e. The molecule has 1 aliphatic heterocycles. The Morgan fingerprint density at radius 3 is 2.56 bits per heavy atom. The van der Waals surface area contributed by atoms with Crippen LogP contribution in [0.15, 0.2) is 54.6 Å². The predicted molar refractivity (Wildman–Crippen MR) is 97.4 cm³/mol. The molecule has 138 valence electrons. The Balaban J connectivity index is 1.72. The third-order valence-corrected chi connectivity index (χ3v) is 4.55. The van der Waals surface area contributed by atoms with E-state index in [-0.39, 0.29) is 12.3 Å². The summed E-state index contributed by atoms with van der Waals surface area (Å²) >= 11 is 0. The van der Waals surface area contributed by atoms with Crippen LogP contribution in [0, 0.1) is 0 Å². The summed E-state index contributed by atoms with van der Waals surface area (Å²) in [6.45, 7) is 0. The lowest BCUT2D eigenvalue weighted by Crippen LogP contribution is -2.31. The summed E-state index contributed by atoms with van der Waals surface area (Å²) in [4.78, 5) is 30.5. The van der Waals surface area contributed by atoms with Gasteiger partial charge in [0.05, 0.1) is 26.2 Å². The number of benzene rings is 2. The minimum absolute atomic E-state index is 0.0662. The normalized spacial score (nSPS) is 15.9. The third-order valence-electron chi connectivity index (χ3n) is 4.55. The lowest BCUT2D eigenvalue weighted by Gasteiger charge is -2.23. The van der Waals surface area contributed by atoms with Crippen molar-refractivity contribution in [3.05, 3.63) is 60.3 Å². The van der Waals surface area contributed by atoms with Crippen molar-refractivity contribution in [1.29, 1.82) is 0 Å². The van der Waals surface area contributed by atoms with Crippen molar-refractivity contribution in [3.8, 4) is 11.5 Å². The molecule has 7 nitrogen and oxygen atoms in total. The fourth-order valence-corrected chi connectivity index (χ4v) is 3.43. The first kappa shape index (κ1) is 17.1. The first-order chi connectivity index (χ1) is 13.1. The Morgan fingerprint density at radius 2 is 1.85 bits per heavy atom. The number of rotatable bonds is 5. The number of para-hydroxylation sites is 2. The average Bonchev–Trinajstić information content (AvgIpc) is 3.18. The largest absolute Gasteiger partial charge is 0.495 e. The molecule has 1 atom stereocenters. The predicted octanol–water partition coefficient (Wildman–Crippen LogP) is 3.16. The van der Waals surface area contributed by atoms with Crippen LogP contribution in [0.25, 0.3) is 10.9 Å². The lowest BCUT2D eigenvalue weighted by atomic mass is 10.2. The fourth-order valence-electron chi connectivity index (χ4n) is 3.43. The van der Waals surface area contributed by atoms with Crippen LogP contribution in [-0.2, 0) is 9.63 Å². The van der Waals surface area contributed by atoms with Crippen molar-refractivity contribution in [2.45, 2.75) is 12.6 Å². The molecule has 3 aromatic rings. The van der Waals surface area contributed by atoms with Crippen molar-refractivity contribution in [2.24, 2.45) is 0 Å². The second kappa shape index (κ2) is 6.77. The fraction of sp³-hybridized carbons (Fsp3) is 0.200. The molecule has 1 aliphatic rings. The second-order valence-corrected chi connectivity index (χ2v) is 6.08. The van der Waals surface area contributed by atoms with E-state index in [1.54, 1.807) is 42.0 Å². The van der Waals surface area contributed by atoms with Crippen LogP contribution < -0.4 is 9.47 Å². The summed E-state index contributed by atoms with van der Waals surface area (Å²) in [5.41, 5.74) is 1.18. The number of aromatic nitrogens is 1. The standard InChI is InChI=1S/C20H18N2O5/c1-25-16-10-6-7-13-11-15-20(24)22(26-2)17(21(15)19(13)16)12-18(23)27-14-8-4-3-5-9-14/h3-11,17H,12H2,1-2H3. The molecule has 0 radical (unpaired) electrons. The number of ether oxygens (including phenoxy) is 2. The minimum atomic E-state index is -0.664. The van der Waals surface area contributed by atoms with E-state index in [9.17, 15) is 9.59 Å². The molecule has 0 N–H and O–H groups in total. The topological polar surface area (TPSA) is 70.0 Å². The highest BCUT2D eigenvalue weighted by molar-refractivity contribution is 6.02. The van der Waals surface area contributed by atoms with Gasteiger partial charge in [-0.15, -0.1) is 0 Å². The van der Waals surface area contributed by atoms with Gasteiger partial charge in [0.1, 0.15) is 23.4 Å². The summed E-state index contributed by atoms with van der Waals surface area (Å²) in [6, 6.07) is 16.1. The number of carbonyl (C=O) groups excluding carboxylic acids is 2. The summed E-state index contributed by atoms with van der Waals surface area (Å²) in [6.07, 6.45) is -0.731. The van der Waals surface area contributed by atoms with Crippen molar-refractivity contribution in [1.82, 2.24) is 9.63 Å². The number of esters is 1. The van der Waals surface area contributed by atoms with Crippen molar-refractivity contribution in [3.63, 3.8) is 0 Å². The van der Waals surface area contributed by atoms with Gasteiger partial charge in [0.15, 0.2) is 0 Å². The Labute approximate surface area is 155 Å².